The highest BCUT2D eigenvalue weighted by atomic mass is 16.5. The van der Waals surface area contributed by atoms with Gasteiger partial charge in [-0.2, -0.15) is 5.10 Å². The number of guanidine groups is 1. The van der Waals surface area contributed by atoms with Crippen molar-refractivity contribution in [2.45, 2.75) is 39.4 Å². The van der Waals surface area contributed by atoms with E-state index < -0.39 is 0 Å². The van der Waals surface area contributed by atoms with Gasteiger partial charge in [-0.15, -0.1) is 0 Å². The van der Waals surface area contributed by atoms with E-state index in [1.54, 1.807) is 14.2 Å². The van der Waals surface area contributed by atoms with Gasteiger partial charge in [-0.1, -0.05) is 6.92 Å². The van der Waals surface area contributed by atoms with E-state index in [1.165, 1.54) is 0 Å². The monoisotopic (exact) mass is 385 g/mol. The topological polar surface area (TPSA) is 90.5 Å². The Bertz CT molecular complexity index is 784. The van der Waals surface area contributed by atoms with Gasteiger partial charge in [0.25, 0.3) is 0 Å². The molecule has 0 spiro atoms. The Hall–Kier alpha value is -2.61. The third kappa shape index (κ3) is 4.81. The van der Waals surface area contributed by atoms with E-state index in [2.05, 4.69) is 56.5 Å². The van der Waals surface area contributed by atoms with Crippen molar-refractivity contribution in [1.82, 2.24) is 30.7 Å². The summed E-state index contributed by atoms with van der Waals surface area (Å²) in [4.78, 5) is 11.4. The minimum atomic E-state index is 0.387. The quantitative estimate of drug-likeness (QED) is 0.520. The van der Waals surface area contributed by atoms with Crippen molar-refractivity contribution in [3.05, 3.63) is 30.1 Å². The van der Waals surface area contributed by atoms with Crippen LogP contribution in [0.3, 0.4) is 0 Å². The maximum absolute atomic E-state index is 5.19. The smallest absolute Gasteiger partial charge is 0.191 e. The van der Waals surface area contributed by atoms with Crippen molar-refractivity contribution < 1.29 is 4.74 Å². The van der Waals surface area contributed by atoms with Gasteiger partial charge in [0.05, 0.1) is 13.7 Å². The molecule has 1 aliphatic rings. The number of likely N-dealkylation sites (tertiary alicyclic amines) is 1. The maximum Gasteiger partial charge on any atom is 0.191 e. The molecule has 2 aromatic rings. The predicted octanol–water partition coefficient (Wildman–Crippen LogP) is 1.87. The zero-order valence-corrected chi connectivity index (χ0v) is 17.4. The van der Waals surface area contributed by atoms with E-state index in [-0.39, 0.29) is 0 Å². The Morgan fingerprint density at radius 3 is 2.68 bits per heavy atom. The van der Waals surface area contributed by atoms with E-state index in [4.69, 9.17) is 4.74 Å². The first-order chi connectivity index (χ1) is 13.5. The zero-order chi connectivity index (χ0) is 20.1. The van der Waals surface area contributed by atoms with E-state index in [9.17, 15) is 0 Å². The molecule has 2 unspecified atom stereocenters. The standard InChI is InChI=1S/C20H31N7O/c1-13(2)27-11-14(3)17(12-27)23-20(21-4)22-10-18-24-19(26-25-18)15-6-8-16(28-5)9-7-15/h6-9,13-14,17H,10-12H2,1-5H3,(H2,21,22,23)(H,24,25,26). The normalized spacial score (nSPS) is 20.6. The van der Waals surface area contributed by atoms with Crippen LogP contribution >= 0.6 is 0 Å². The second kappa shape index (κ2) is 9.05. The number of H-pyrrole nitrogens is 1. The summed E-state index contributed by atoms with van der Waals surface area (Å²) in [6.45, 7) is 9.44. The minimum absolute atomic E-state index is 0.387. The number of hydrogen-bond acceptors (Lipinski definition) is 5. The van der Waals surface area contributed by atoms with Gasteiger partial charge in [0.15, 0.2) is 11.8 Å². The number of ether oxygens (including phenoxy) is 1. The predicted molar refractivity (Wildman–Crippen MR) is 111 cm³/mol. The molecule has 1 saturated heterocycles. The summed E-state index contributed by atoms with van der Waals surface area (Å²) >= 11 is 0. The molecule has 2 atom stereocenters. The molecule has 8 nitrogen and oxygen atoms in total. The lowest BCUT2D eigenvalue weighted by atomic mass is 10.1. The molecule has 3 N–H and O–H groups in total. The van der Waals surface area contributed by atoms with Gasteiger partial charge in [-0.3, -0.25) is 15.0 Å². The molecule has 1 aliphatic heterocycles. The van der Waals surface area contributed by atoms with Crippen molar-refractivity contribution in [2.75, 3.05) is 27.2 Å². The van der Waals surface area contributed by atoms with Gasteiger partial charge >= 0.3 is 0 Å². The summed E-state index contributed by atoms with van der Waals surface area (Å²) in [6.07, 6.45) is 0. The Labute approximate surface area is 166 Å². The van der Waals surface area contributed by atoms with Crippen LogP contribution in [-0.4, -0.2) is 65.4 Å². The van der Waals surface area contributed by atoms with Crippen molar-refractivity contribution >= 4 is 5.96 Å². The Morgan fingerprint density at radius 2 is 2.07 bits per heavy atom. The third-order valence-corrected chi connectivity index (χ3v) is 5.22. The SMILES string of the molecule is CN=C(NCc1nc(-c2ccc(OC)cc2)n[nH]1)NC1CN(C(C)C)CC1C. The number of rotatable bonds is 6. The lowest BCUT2D eigenvalue weighted by Gasteiger charge is -2.21. The highest BCUT2D eigenvalue weighted by Crippen LogP contribution is 2.19. The van der Waals surface area contributed by atoms with Crippen LogP contribution < -0.4 is 15.4 Å². The third-order valence-electron chi connectivity index (χ3n) is 5.22. The molecule has 2 heterocycles. The first-order valence-electron chi connectivity index (χ1n) is 9.77. The molecule has 0 amide bonds. The van der Waals surface area contributed by atoms with Crippen molar-refractivity contribution in [3.63, 3.8) is 0 Å². The van der Waals surface area contributed by atoms with Crippen LogP contribution in [-0.2, 0) is 6.54 Å². The highest BCUT2D eigenvalue weighted by Gasteiger charge is 2.31. The molecule has 152 valence electrons. The largest absolute Gasteiger partial charge is 0.497 e. The number of aromatic amines is 1. The van der Waals surface area contributed by atoms with Crippen LogP contribution in [0.15, 0.2) is 29.3 Å². The molecule has 0 bridgehead atoms. The lowest BCUT2D eigenvalue weighted by Crippen LogP contribution is -2.46. The molecule has 1 aromatic carbocycles. The van der Waals surface area contributed by atoms with Crippen LogP contribution in [0.5, 0.6) is 5.75 Å². The van der Waals surface area contributed by atoms with Crippen LogP contribution in [0.4, 0.5) is 0 Å². The Kier molecular flexibility index (Phi) is 6.51. The molecule has 28 heavy (non-hydrogen) atoms. The summed E-state index contributed by atoms with van der Waals surface area (Å²) in [5.41, 5.74) is 0.944. The number of nitrogens with zero attached hydrogens (tertiary/aromatic N) is 4. The second-order valence-electron chi connectivity index (χ2n) is 7.54. The van der Waals surface area contributed by atoms with Crippen molar-refractivity contribution in [3.8, 4) is 17.1 Å². The summed E-state index contributed by atoms with van der Waals surface area (Å²) in [7, 11) is 3.44. The fraction of sp³-hybridized carbons (Fsp3) is 0.550. The van der Waals surface area contributed by atoms with E-state index in [1.807, 2.05) is 24.3 Å². The van der Waals surface area contributed by atoms with Crippen LogP contribution in [0.2, 0.25) is 0 Å². The number of nitrogens with one attached hydrogen (secondary N) is 3. The lowest BCUT2D eigenvalue weighted by molar-refractivity contribution is 0.265. The summed E-state index contributed by atoms with van der Waals surface area (Å²) < 4.78 is 5.19. The van der Waals surface area contributed by atoms with E-state index in [0.717, 1.165) is 36.2 Å². The molecule has 0 aliphatic carbocycles. The fourth-order valence-corrected chi connectivity index (χ4v) is 3.40. The Morgan fingerprint density at radius 1 is 1.32 bits per heavy atom. The molecule has 1 aromatic heterocycles. The zero-order valence-electron chi connectivity index (χ0n) is 17.4. The van der Waals surface area contributed by atoms with Crippen molar-refractivity contribution in [1.29, 1.82) is 0 Å². The maximum atomic E-state index is 5.19. The average Bonchev–Trinajstić information content (AvgIpc) is 3.32. The number of aliphatic imine (C=N–C) groups is 1. The summed E-state index contributed by atoms with van der Waals surface area (Å²) in [5.74, 6) is 3.60. The van der Waals surface area contributed by atoms with Crippen LogP contribution in [0, 0.1) is 5.92 Å². The van der Waals surface area contributed by atoms with Gasteiger partial charge in [0, 0.05) is 37.8 Å². The first kappa shape index (κ1) is 20.1. The molecule has 3 rings (SSSR count). The molecule has 1 fully saturated rings. The highest BCUT2D eigenvalue weighted by molar-refractivity contribution is 5.80. The molecule has 0 saturated carbocycles. The van der Waals surface area contributed by atoms with Gasteiger partial charge < -0.3 is 15.4 Å². The fourth-order valence-electron chi connectivity index (χ4n) is 3.40. The van der Waals surface area contributed by atoms with Crippen LogP contribution in [0.1, 0.15) is 26.6 Å². The van der Waals surface area contributed by atoms with Gasteiger partial charge in [-0.05, 0) is 44.0 Å². The van der Waals surface area contributed by atoms with Gasteiger partial charge in [0.2, 0.25) is 0 Å². The van der Waals surface area contributed by atoms with E-state index >= 15 is 0 Å². The number of hydrogen-bond donors (Lipinski definition) is 3. The minimum Gasteiger partial charge on any atom is -0.497 e. The Balaban J connectivity index is 1.55. The summed E-state index contributed by atoms with van der Waals surface area (Å²) in [5, 5.41) is 14.2. The summed E-state index contributed by atoms with van der Waals surface area (Å²) in [6, 6.07) is 8.65. The first-order valence-corrected chi connectivity index (χ1v) is 9.77. The average molecular weight is 386 g/mol. The number of methoxy groups -OCH3 is 1. The second-order valence-corrected chi connectivity index (χ2v) is 7.54. The molecule has 8 heteroatoms. The molecular formula is C20H31N7O. The van der Waals surface area contributed by atoms with Gasteiger partial charge in [-0.25, -0.2) is 4.98 Å². The van der Waals surface area contributed by atoms with Crippen LogP contribution in [0.25, 0.3) is 11.4 Å². The van der Waals surface area contributed by atoms with E-state index in [0.29, 0.717) is 30.4 Å². The molecule has 0 radical (unpaired) electrons. The van der Waals surface area contributed by atoms with Gasteiger partial charge in [0.1, 0.15) is 11.6 Å². The molecular weight excluding hydrogens is 354 g/mol. The number of aromatic nitrogens is 3. The van der Waals surface area contributed by atoms with Crippen molar-refractivity contribution in [2.24, 2.45) is 10.9 Å². The number of benzene rings is 1.